The summed E-state index contributed by atoms with van der Waals surface area (Å²) in [5.74, 6) is -0.118. The summed E-state index contributed by atoms with van der Waals surface area (Å²) in [7, 11) is 0. The van der Waals surface area contributed by atoms with Crippen LogP contribution in [0.1, 0.15) is 190 Å². The standard InChI is InChI=1S/C46H78O5/c1-9-10-11-12-13-14-15-16-17-18-19-20-21-29-44(49)51-35-24-28-42-41(40(6)36-47)32-34-46(8,50)45(42,7)33-23-27-39(5)43(48)31-30-38(4)26-22-25-37(2)3/h12-13,25,27,30,36,42-43,48,50H,9-11,14-24,26,28-29,31-35H2,1-8H3/b13-12-,38-30+,39-27+,41-40-/t42-,43-,45+,46+/m1/s1. The summed E-state index contributed by atoms with van der Waals surface area (Å²) in [5.41, 5.74) is 4.08. The molecule has 0 spiro atoms. The lowest BCUT2D eigenvalue weighted by molar-refractivity contribution is -0.144. The van der Waals surface area contributed by atoms with Crippen LogP contribution in [0.15, 0.2) is 58.2 Å². The molecule has 292 valence electrons. The molecule has 1 aliphatic rings. The van der Waals surface area contributed by atoms with Crippen molar-refractivity contribution < 1.29 is 24.5 Å². The molecular formula is C46H78O5. The average molecular weight is 711 g/mol. The molecule has 2 N–H and O–H groups in total. The van der Waals surface area contributed by atoms with Crippen LogP contribution in [0.2, 0.25) is 0 Å². The van der Waals surface area contributed by atoms with Crippen LogP contribution in [-0.4, -0.2) is 40.8 Å². The second-order valence-corrected chi connectivity index (χ2v) is 16.2. The Morgan fingerprint density at radius 1 is 0.843 bits per heavy atom. The maximum atomic E-state index is 12.5. The van der Waals surface area contributed by atoms with Gasteiger partial charge in [0.05, 0.1) is 18.3 Å². The molecule has 1 aliphatic carbocycles. The number of hydrogen-bond donors (Lipinski definition) is 2. The topological polar surface area (TPSA) is 83.8 Å². The number of esters is 1. The summed E-state index contributed by atoms with van der Waals surface area (Å²) in [6.07, 6.45) is 32.0. The number of carbonyl (C=O) groups is 2. The van der Waals surface area contributed by atoms with E-state index in [1.54, 1.807) is 0 Å². The van der Waals surface area contributed by atoms with Crippen LogP contribution in [0, 0.1) is 11.3 Å². The van der Waals surface area contributed by atoms with E-state index in [0.717, 1.165) is 68.0 Å². The molecule has 0 unspecified atom stereocenters. The fourth-order valence-corrected chi connectivity index (χ4v) is 7.53. The van der Waals surface area contributed by atoms with Crippen molar-refractivity contribution in [2.45, 2.75) is 202 Å². The van der Waals surface area contributed by atoms with Crippen molar-refractivity contribution in [3.05, 3.63) is 58.2 Å². The lowest BCUT2D eigenvalue weighted by atomic mass is 9.54. The first-order valence-corrected chi connectivity index (χ1v) is 20.6. The van der Waals surface area contributed by atoms with Gasteiger partial charge in [-0.05, 0) is 142 Å². The Balaban J connectivity index is 2.62. The molecule has 5 nitrogen and oxygen atoms in total. The number of unbranched alkanes of at least 4 members (excludes halogenated alkanes) is 9. The summed E-state index contributed by atoms with van der Waals surface area (Å²) in [5, 5.41) is 22.6. The van der Waals surface area contributed by atoms with Gasteiger partial charge in [-0.1, -0.05) is 106 Å². The average Bonchev–Trinajstić information content (AvgIpc) is 3.08. The van der Waals surface area contributed by atoms with E-state index in [2.05, 4.69) is 65.0 Å². The first-order chi connectivity index (χ1) is 24.3. The number of aliphatic hydroxyl groups excluding tert-OH is 1. The summed E-state index contributed by atoms with van der Waals surface area (Å²) < 4.78 is 5.65. The lowest BCUT2D eigenvalue weighted by Gasteiger charge is -2.53. The van der Waals surface area contributed by atoms with E-state index in [-0.39, 0.29) is 11.9 Å². The molecule has 1 rings (SSSR count). The highest BCUT2D eigenvalue weighted by molar-refractivity contribution is 5.74. The summed E-state index contributed by atoms with van der Waals surface area (Å²) in [6, 6.07) is 0. The number of aldehydes is 1. The first kappa shape index (κ1) is 46.8. The number of aliphatic hydroxyl groups is 2. The van der Waals surface area contributed by atoms with Crippen molar-refractivity contribution in [1.82, 2.24) is 0 Å². The third kappa shape index (κ3) is 18.9. The second kappa shape index (κ2) is 26.5. The summed E-state index contributed by atoms with van der Waals surface area (Å²) in [6.45, 7) is 16.9. The molecule has 5 heteroatoms. The van der Waals surface area contributed by atoms with Gasteiger partial charge < -0.3 is 14.9 Å². The largest absolute Gasteiger partial charge is 0.466 e. The smallest absolute Gasteiger partial charge is 0.305 e. The number of ether oxygens (including phenoxy) is 1. The van der Waals surface area contributed by atoms with Crippen LogP contribution in [-0.2, 0) is 14.3 Å². The normalized spacial score (nSPS) is 23.0. The number of rotatable bonds is 27. The van der Waals surface area contributed by atoms with Gasteiger partial charge in [0.15, 0.2) is 0 Å². The molecule has 1 saturated carbocycles. The molecule has 0 saturated heterocycles. The number of carbonyl (C=O) groups excluding carboxylic acids is 2. The zero-order valence-electron chi connectivity index (χ0n) is 34.3. The van der Waals surface area contributed by atoms with E-state index >= 15 is 0 Å². The molecule has 0 aromatic heterocycles. The van der Waals surface area contributed by atoms with Crippen molar-refractivity contribution in [1.29, 1.82) is 0 Å². The molecule has 4 atom stereocenters. The fourth-order valence-electron chi connectivity index (χ4n) is 7.53. The third-order valence-corrected chi connectivity index (χ3v) is 11.5. The van der Waals surface area contributed by atoms with Gasteiger partial charge in [-0.25, -0.2) is 0 Å². The zero-order valence-corrected chi connectivity index (χ0v) is 34.3. The van der Waals surface area contributed by atoms with Gasteiger partial charge in [0, 0.05) is 11.8 Å². The number of hydrogen-bond acceptors (Lipinski definition) is 5. The van der Waals surface area contributed by atoms with Crippen LogP contribution in [0.25, 0.3) is 0 Å². The molecule has 0 radical (unpaired) electrons. The minimum atomic E-state index is -0.905. The molecule has 0 amide bonds. The maximum absolute atomic E-state index is 12.5. The Bertz CT molecular complexity index is 1150. The van der Waals surface area contributed by atoms with Crippen LogP contribution >= 0.6 is 0 Å². The zero-order chi connectivity index (χ0) is 38.1. The van der Waals surface area contributed by atoms with Crippen molar-refractivity contribution in [3.63, 3.8) is 0 Å². The van der Waals surface area contributed by atoms with Crippen molar-refractivity contribution in [2.24, 2.45) is 11.3 Å². The SMILES string of the molecule is CCCC/C=C\CCCCCCCCCC(=O)OCCC[C@@H]1/C(=C(/C)C=O)CC[C@](C)(O)[C@@]1(C)CC/C=C(\C)[C@H](O)C/C=C(\C)CCC=C(C)C. The predicted octanol–water partition coefficient (Wildman–Crippen LogP) is 12.4. The lowest BCUT2D eigenvalue weighted by Crippen LogP contribution is -2.52. The highest BCUT2D eigenvalue weighted by atomic mass is 16.5. The predicted molar refractivity (Wildman–Crippen MR) is 217 cm³/mol. The van der Waals surface area contributed by atoms with E-state index in [9.17, 15) is 19.8 Å². The van der Waals surface area contributed by atoms with E-state index in [4.69, 9.17) is 4.74 Å². The summed E-state index contributed by atoms with van der Waals surface area (Å²) >= 11 is 0. The van der Waals surface area contributed by atoms with Gasteiger partial charge in [-0.2, -0.15) is 0 Å². The molecule has 0 heterocycles. The molecule has 0 aliphatic heterocycles. The van der Waals surface area contributed by atoms with Crippen LogP contribution in [0.3, 0.4) is 0 Å². The van der Waals surface area contributed by atoms with Gasteiger partial charge in [0.1, 0.15) is 6.29 Å². The van der Waals surface area contributed by atoms with Crippen LogP contribution < -0.4 is 0 Å². The third-order valence-electron chi connectivity index (χ3n) is 11.5. The molecule has 1 fully saturated rings. The molecule has 0 aromatic rings. The molecule has 0 bridgehead atoms. The van der Waals surface area contributed by atoms with Crippen LogP contribution in [0.4, 0.5) is 0 Å². The van der Waals surface area contributed by atoms with Gasteiger partial charge in [-0.15, -0.1) is 0 Å². The van der Waals surface area contributed by atoms with Crippen molar-refractivity contribution in [2.75, 3.05) is 6.61 Å². The van der Waals surface area contributed by atoms with E-state index < -0.39 is 17.1 Å². The second-order valence-electron chi connectivity index (χ2n) is 16.2. The van der Waals surface area contributed by atoms with Gasteiger partial charge in [0.2, 0.25) is 0 Å². The van der Waals surface area contributed by atoms with E-state index in [1.807, 2.05) is 20.8 Å². The van der Waals surface area contributed by atoms with Gasteiger partial charge in [-0.3, -0.25) is 9.59 Å². The highest BCUT2D eigenvalue weighted by Gasteiger charge is 2.52. The van der Waals surface area contributed by atoms with E-state index in [0.29, 0.717) is 38.7 Å². The van der Waals surface area contributed by atoms with Crippen molar-refractivity contribution in [3.8, 4) is 0 Å². The van der Waals surface area contributed by atoms with Crippen LogP contribution in [0.5, 0.6) is 0 Å². The fraction of sp³-hybridized carbons (Fsp3) is 0.739. The maximum Gasteiger partial charge on any atom is 0.305 e. The number of allylic oxidation sites excluding steroid dienone is 8. The molecular weight excluding hydrogens is 633 g/mol. The monoisotopic (exact) mass is 711 g/mol. The first-order valence-electron chi connectivity index (χ1n) is 20.6. The van der Waals surface area contributed by atoms with E-state index in [1.165, 1.54) is 68.9 Å². The highest BCUT2D eigenvalue weighted by Crippen LogP contribution is 2.55. The van der Waals surface area contributed by atoms with Crippen molar-refractivity contribution >= 4 is 12.3 Å². The Kier molecular flexibility index (Phi) is 24.3. The summed E-state index contributed by atoms with van der Waals surface area (Å²) in [4.78, 5) is 24.4. The Morgan fingerprint density at radius 3 is 2.14 bits per heavy atom. The Hall–Kier alpha value is -2.24. The Labute approximate surface area is 314 Å². The Morgan fingerprint density at radius 2 is 1.49 bits per heavy atom. The minimum Gasteiger partial charge on any atom is -0.466 e. The van der Waals surface area contributed by atoms with Gasteiger partial charge in [0.25, 0.3) is 0 Å². The quantitative estimate of drug-likeness (QED) is 0.0291. The minimum absolute atomic E-state index is 0.00671. The molecule has 51 heavy (non-hydrogen) atoms. The van der Waals surface area contributed by atoms with Gasteiger partial charge >= 0.3 is 5.97 Å². The molecule has 0 aromatic carbocycles.